The number of thiophene rings is 1. The fourth-order valence-corrected chi connectivity index (χ4v) is 3.63. The second-order valence-electron chi connectivity index (χ2n) is 5.08. The number of nitrogens with two attached hydrogens (primary N) is 1. The molecular formula is C14H24N2S. The molecule has 0 radical (unpaired) electrons. The summed E-state index contributed by atoms with van der Waals surface area (Å²) in [6.07, 6.45) is 5.44. The molecule has 2 rings (SSSR count). The molecule has 1 unspecified atom stereocenters. The lowest BCUT2D eigenvalue weighted by molar-refractivity contribution is 0.132. The highest BCUT2D eigenvalue weighted by molar-refractivity contribution is 7.07. The number of likely N-dealkylation sites (tertiary alicyclic amines) is 1. The third-order valence-corrected chi connectivity index (χ3v) is 4.64. The normalized spacial score (nSPS) is 20.6. The second kappa shape index (κ2) is 6.53. The van der Waals surface area contributed by atoms with Gasteiger partial charge in [-0.3, -0.25) is 4.90 Å². The number of hydrogen-bond donors (Lipinski definition) is 1. The van der Waals surface area contributed by atoms with E-state index in [1.165, 1.54) is 44.3 Å². The molecule has 1 aromatic rings. The average Bonchev–Trinajstić information content (AvgIpc) is 2.86. The van der Waals surface area contributed by atoms with Gasteiger partial charge in [-0.2, -0.15) is 11.3 Å². The molecular weight excluding hydrogens is 228 g/mol. The van der Waals surface area contributed by atoms with Crippen molar-refractivity contribution in [2.45, 2.75) is 38.6 Å². The monoisotopic (exact) mass is 252 g/mol. The third kappa shape index (κ3) is 3.30. The van der Waals surface area contributed by atoms with Gasteiger partial charge < -0.3 is 5.73 Å². The Morgan fingerprint density at radius 1 is 1.47 bits per heavy atom. The molecule has 0 aromatic carbocycles. The van der Waals surface area contributed by atoms with Crippen molar-refractivity contribution >= 4 is 11.3 Å². The van der Waals surface area contributed by atoms with Crippen molar-refractivity contribution in [3.05, 3.63) is 22.4 Å². The zero-order valence-electron chi connectivity index (χ0n) is 10.8. The van der Waals surface area contributed by atoms with Crippen molar-refractivity contribution in [1.82, 2.24) is 4.90 Å². The van der Waals surface area contributed by atoms with Gasteiger partial charge in [0.15, 0.2) is 0 Å². The molecule has 1 aromatic heterocycles. The van der Waals surface area contributed by atoms with E-state index in [1.54, 1.807) is 11.3 Å². The largest absolute Gasteiger partial charge is 0.329 e. The van der Waals surface area contributed by atoms with Crippen LogP contribution in [-0.4, -0.2) is 24.5 Å². The summed E-state index contributed by atoms with van der Waals surface area (Å²) < 4.78 is 0. The lowest BCUT2D eigenvalue weighted by Gasteiger charge is -2.37. The van der Waals surface area contributed by atoms with Crippen LogP contribution in [0, 0.1) is 5.92 Å². The first-order valence-electron chi connectivity index (χ1n) is 6.81. The van der Waals surface area contributed by atoms with Crippen LogP contribution in [0.4, 0.5) is 0 Å². The molecule has 1 atom stereocenters. The van der Waals surface area contributed by atoms with Gasteiger partial charge in [0, 0.05) is 12.6 Å². The van der Waals surface area contributed by atoms with Crippen LogP contribution in [0.15, 0.2) is 16.8 Å². The van der Waals surface area contributed by atoms with Gasteiger partial charge in [-0.1, -0.05) is 19.8 Å². The molecule has 1 aliphatic rings. The Kier molecular flexibility index (Phi) is 5.01. The predicted molar refractivity (Wildman–Crippen MR) is 75.3 cm³/mol. The van der Waals surface area contributed by atoms with E-state index in [0.29, 0.717) is 6.04 Å². The van der Waals surface area contributed by atoms with Crippen LogP contribution in [0.2, 0.25) is 0 Å². The van der Waals surface area contributed by atoms with Crippen LogP contribution in [0.5, 0.6) is 0 Å². The standard InChI is InChI=1S/C14H24N2S/c1-2-3-12-4-7-16(8-5-12)14(10-15)13-6-9-17-11-13/h6,9,11-12,14H,2-5,7-8,10,15H2,1H3. The lowest BCUT2D eigenvalue weighted by Crippen LogP contribution is -2.39. The van der Waals surface area contributed by atoms with E-state index in [0.717, 1.165) is 12.5 Å². The molecule has 2 N–H and O–H groups in total. The van der Waals surface area contributed by atoms with Crippen LogP contribution in [0.3, 0.4) is 0 Å². The van der Waals surface area contributed by atoms with Gasteiger partial charge in [0.2, 0.25) is 0 Å². The highest BCUT2D eigenvalue weighted by Gasteiger charge is 2.24. The molecule has 0 aliphatic carbocycles. The molecule has 1 aliphatic heterocycles. The summed E-state index contributed by atoms with van der Waals surface area (Å²) in [6.45, 7) is 5.49. The van der Waals surface area contributed by atoms with Crippen LogP contribution >= 0.6 is 11.3 Å². The summed E-state index contributed by atoms with van der Waals surface area (Å²) in [5, 5.41) is 4.40. The van der Waals surface area contributed by atoms with Crippen LogP contribution < -0.4 is 5.73 Å². The van der Waals surface area contributed by atoms with Gasteiger partial charge in [-0.15, -0.1) is 0 Å². The van der Waals surface area contributed by atoms with Crippen molar-refractivity contribution in [3.63, 3.8) is 0 Å². The molecule has 1 saturated heterocycles. The Labute approximate surface area is 109 Å². The Balaban J connectivity index is 1.90. The molecule has 96 valence electrons. The zero-order chi connectivity index (χ0) is 12.1. The van der Waals surface area contributed by atoms with Crippen molar-refractivity contribution in [2.75, 3.05) is 19.6 Å². The molecule has 0 bridgehead atoms. The maximum atomic E-state index is 5.95. The van der Waals surface area contributed by atoms with Crippen LogP contribution in [0.1, 0.15) is 44.2 Å². The highest BCUT2D eigenvalue weighted by atomic mass is 32.1. The quantitative estimate of drug-likeness (QED) is 0.871. The third-order valence-electron chi connectivity index (χ3n) is 3.94. The SMILES string of the molecule is CCCC1CCN(C(CN)c2ccsc2)CC1. The van der Waals surface area contributed by atoms with Gasteiger partial charge in [0.1, 0.15) is 0 Å². The summed E-state index contributed by atoms with van der Waals surface area (Å²) in [7, 11) is 0. The van der Waals surface area contributed by atoms with E-state index in [-0.39, 0.29) is 0 Å². The second-order valence-corrected chi connectivity index (χ2v) is 5.86. The molecule has 0 amide bonds. The molecule has 1 fully saturated rings. The van der Waals surface area contributed by atoms with E-state index >= 15 is 0 Å². The van der Waals surface area contributed by atoms with E-state index in [4.69, 9.17) is 5.73 Å². The van der Waals surface area contributed by atoms with Gasteiger partial charge in [0.05, 0.1) is 0 Å². The van der Waals surface area contributed by atoms with Gasteiger partial charge >= 0.3 is 0 Å². The van der Waals surface area contributed by atoms with Crippen molar-refractivity contribution in [3.8, 4) is 0 Å². The topological polar surface area (TPSA) is 29.3 Å². The average molecular weight is 252 g/mol. The summed E-state index contributed by atoms with van der Waals surface area (Å²) in [5.74, 6) is 0.956. The fourth-order valence-electron chi connectivity index (χ4n) is 2.92. The van der Waals surface area contributed by atoms with Gasteiger partial charge in [-0.25, -0.2) is 0 Å². The molecule has 0 spiro atoms. The minimum absolute atomic E-state index is 0.448. The fraction of sp³-hybridized carbons (Fsp3) is 0.714. The molecule has 2 nitrogen and oxygen atoms in total. The number of piperidine rings is 1. The lowest BCUT2D eigenvalue weighted by atomic mass is 9.91. The number of rotatable bonds is 5. The van der Waals surface area contributed by atoms with Crippen molar-refractivity contribution in [1.29, 1.82) is 0 Å². The first kappa shape index (κ1) is 13.1. The summed E-state index contributed by atoms with van der Waals surface area (Å²) >= 11 is 1.77. The van der Waals surface area contributed by atoms with Gasteiger partial charge in [0.25, 0.3) is 0 Å². The van der Waals surface area contributed by atoms with E-state index in [2.05, 4.69) is 28.7 Å². The Morgan fingerprint density at radius 2 is 2.24 bits per heavy atom. The van der Waals surface area contributed by atoms with Crippen molar-refractivity contribution in [2.24, 2.45) is 11.7 Å². The smallest absolute Gasteiger partial charge is 0.0478 e. The minimum Gasteiger partial charge on any atom is -0.329 e. The predicted octanol–water partition coefficient (Wildman–Crippen LogP) is 3.26. The summed E-state index contributed by atoms with van der Waals surface area (Å²) in [5.41, 5.74) is 7.36. The summed E-state index contributed by atoms with van der Waals surface area (Å²) in [6, 6.07) is 2.67. The maximum Gasteiger partial charge on any atom is 0.0478 e. The van der Waals surface area contributed by atoms with Gasteiger partial charge in [-0.05, 0) is 54.2 Å². The Morgan fingerprint density at radius 3 is 2.76 bits per heavy atom. The molecule has 3 heteroatoms. The number of nitrogens with zero attached hydrogens (tertiary/aromatic N) is 1. The highest BCUT2D eigenvalue weighted by Crippen LogP contribution is 2.29. The maximum absolute atomic E-state index is 5.95. The van der Waals surface area contributed by atoms with Crippen LogP contribution in [-0.2, 0) is 0 Å². The Bertz CT molecular complexity index is 302. The molecule has 0 saturated carbocycles. The first-order chi connectivity index (χ1) is 8.35. The van der Waals surface area contributed by atoms with Crippen molar-refractivity contribution < 1.29 is 0 Å². The summed E-state index contributed by atoms with van der Waals surface area (Å²) in [4.78, 5) is 2.58. The first-order valence-corrected chi connectivity index (χ1v) is 7.75. The number of hydrogen-bond acceptors (Lipinski definition) is 3. The van der Waals surface area contributed by atoms with E-state index in [9.17, 15) is 0 Å². The van der Waals surface area contributed by atoms with Crippen LogP contribution in [0.25, 0.3) is 0 Å². The minimum atomic E-state index is 0.448. The van der Waals surface area contributed by atoms with E-state index in [1.807, 2.05) is 0 Å². The van der Waals surface area contributed by atoms with E-state index < -0.39 is 0 Å². The molecule has 17 heavy (non-hydrogen) atoms. The Hall–Kier alpha value is -0.380. The molecule has 2 heterocycles. The zero-order valence-corrected chi connectivity index (χ0v) is 11.6.